The van der Waals surface area contributed by atoms with Crippen molar-refractivity contribution < 1.29 is 14.3 Å². The van der Waals surface area contributed by atoms with E-state index in [1.165, 1.54) is 20.0 Å². The van der Waals surface area contributed by atoms with E-state index in [1.807, 2.05) is 32.9 Å². The molecule has 4 nitrogen and oxygen atoms in total. The summed E-state index contributed by atoms with van der Waals surface area (Å²) in [5, 5.41) is 3.50. The predicted molar refractivity (Wildman–Crippen MR) is 82.3 cm³/mol. The maximum atomic E-state index is 11.7. The van der Waals surface area contributed by atoms with Crippen LogP contribution in [0.5, 0.6) is 5.75 Å². The van der Waals surface area contributed by atoms with E-state index >= 15 is 0 Å². The molecule has 1 fully saturated rings. The van der Waals surface area contributed by atoms with Gasteiger partial charge in [-0.05, 0) is 39.2 Å². The van der Waals surface area contributed by atoms with Crippen LogP contribution >= 0.6 is 0 Å². The molecule has 0 atom stereocenters. The van der Waals surface area contributed by atoms with Gasteiger partial charge in [-0.15, -0.1) is 0 Å². The van der Waals surface area contributed by atoms with Gasteiger partial charge in [0.25, 0.3) is 0 Å². The number of esters is 1. The Bertz CT molecular complexity index is 507. The lowest BCUT2D eigenvalue weighted by molar-refractivity contribution is -0.152. The molecule has 0 unspecified atom stereocenters. The number of benzene rings is 1. The van der Waals surface area contributed by atoms with Crippen LogP contribution in [0, 0.1) is 12.3 Å². The molecule has 1 N–H and O–H groups in total. The second-order valence-corrected chi connectivity index (χ2v) is 6.38. The Labute approximate surface area is 126 Å². The Balaban J connectivity index is 2.05. The van der Waals surface area contributed by atoms with Crippen molar-refractivity contribution >= 4 is 5.97 Å². The largest absolute Gasteiger partial charge is 0.492 e. The van der Waals surface area contributed by atoms with E-state index in [0.29, 0.717) is 12.6 Å². The molecule has 1 saturated carbocycles. The first-order chi connectivity index (χ1) is 9.94. The van der Waals surface area contributed by atoms with Gasteiger partial charge in [-0.1, -0.05) is 18.2 Å². The first-order valence-electron chi connectivity index (χ1n) is 7.47. The Kier molecular flexibility index (Phi) is 4.88. The molecule has 0 heterocycles. The topological polar surface area (TPSA) is 47.6 Å². The van der Waals surface area contributed by atoms with E-state index in [1.54, 1.807) is 0 Å². The van der Waals surface area contributed by atoms with Crippen molar-refractivity contribution in [3.63, 3.8) is 0 Å². The van der Waals surface area contributed by atoms with Crippen LogP contribution in [0.4, 0.5) is 0 Å². The molecule has 0 radical (unpaired) electrons. The third-order valence-electron chi connectivity index (χ3n) is 3.77. The Morgan fingerprint density at radius 2 is 2.10 bits per heavy atom. The summed E-state index contributed by atoms with van der Waals surface area (Å²) in [6.07, 6.45) is 2.52. The number of carbonyl (C=O) groups is 1. The zero-order chi connectivity index (χ0) is 15.5. The van der Waals surface area contributed by atoms with Gasteiger partial charge in [-0.3, -0.25) is 4.79 Å². The number of hydrogen-bond donors (Lipinski definition) is 1. The fourth-order valence-electron chi connectivity index (χ4n) is 2.19. The van der Waals surface area contributed by atoms with Crippen LogP contribution in [0.2, 0.25) is 0 Å². The van der Waals surface area contributed by atoms with Crippen molar-refractivity contribution in [2.75, 3.05) is 13.7 Å². The van der Waals surface area contributed by atoms with Crippen LogP contribution in [0.1, 0.15) is 37.8 Å². The van der Waals surface area contributed by atoms with E-state index in [2.05, 4.69) is 11.4 Å². The van der Waals surface area contributed by atoms with Crippen molar-refractivity contribution in [3.8, 4) is 5.75 Å². The normalized spacial score (nSPS) is 14.9. The van der Waals surface area contributed by atoms with Crippen LogP contribution in [-0.2, 0) is 16.1 Å². The highest BCUT2D eigenvalue weighted by Gasteiger charge is 2.30. The minimum atomic E-state index is -0.655. The van der Waals surface area contributed by atoms with Gasteiger partial charge in [0.15, 0.2) is 0 Å². The van der Waals surface area contributed by atoms with Crippen molar-refractivity contribution in [3.05, 3.63) is 29.3 Å². The van der Waals surface area contributed by atoms with E-state index in [9.17, 15) is 4.79 Å². The summed E-state index contributed by atoms with van der Waals surface area (Å²) in [5.74, 6) is 0.622. The Hall–Kier alpha value is -1.55. The quantitative estimate of drug-likeness (QED) is 0.785. The van der Waals surface area contributed by atoms with E-state index in [4.69, 9.17) is 9.47 Å². The number of rotatable bonds is 7. The van der Waals surface area contributed by atoms with Gasteiger partial charge < -0.3 is 14.8 Å². The van der Waals surface area contributed by atoms with Crippen LogP contribution in [0.15, 0.2) is 18.2 Å². The first kappa shape index (κ1) is 15.8. The highest BCUT2D eigenvalue weighted by molar-refractivity contribution is 5.75. The summed E-state index contributed by atoms with van der Waals surface area (Å²) in [4.78, 5) is 11.7. The molecule has 0 saturated heterocycles. The predicted octanol–water partition coefficient (Wildman–Crippen LogP) is 2.83. The lowest BCUT2D eigenvalue weighted by Crippen LogP contribution is -2.32. The van der Waals surface area contributed by atoms with Gasteiger partial charge in [0.1, 0.15) is 12.4 Å². The molecule has 1 aromatic carbocycles. The monoisotopic (exact) mass is 291 g/mol. The van der Waals surface area contributed by atoms with Gasteiger partial charge in [-0.25, -0.2) is 0 Å². The molecule has 1 aliphatic carbocycles. The number of carbonyl (C=O) groups excluding carboxylic acids is 1. The van der Waals surface area contributed by atoms with E-state index in [-0.39, 0.29) is 5.97 Å². The summed E-state index contributed by atoms with van der Waals surface area (Å²) >= 11 is 0. The van der Waals surface area contributed by atoms with Gasteiger partial charge in [0.05, 0.1) is 12.5 Å². The van der Waals surface area contributed by atoms with Crippen molar-refractivity contribution in [2.45, 2.75) is 46.2 Å². The first-order valence-corrected chi connectivity index (χ1v) is 7.47. The molecule has 0 bridgehead atoms. The maximum Gasteiger partial charge on any atom is 0.314 e. The SMILES string of the molecule is COC(=O)C(C)(C)COc1c(C)cccc1CNC1CC1. The molecule has 116 valence electrons. The number of hydrogen-bond acceptors (Lipinski definition) is 4. The molecule has 1 aliphatic rings. The van der Waals surface area contributed by atoms with Crippen LogP contribution in [0.3, 0.4) is 0 Å². The number of nitrogens with one attached hydrogen (secondary N) is 1. The van der Waals surface area contributed by atoms with Gasteiger partial charge in [-0.2, -0.15) is 0 Å². The molecule has 0 amide bonds. The highest BCUT2D eigenvalue weighted by atomic mass is 16.5. The second-order valence-electron chi connectivity index (χ2n) is 6.38. The Morgan fingerprint density at radius 3 is 2.71 bits per heavy atom. The summed E-state index contributed by atoms with van der Waals surface area (Å²) in [7, 11) is 1.41. The summed E-state index contributed by atoms with van der Waals surface area (Å²) < 4.78 is 10.8. The summed E-state index contributed by atoms with van der Waals surface area (Å²) in [6.45, 7) is 6.81. The minimum Gasteiger partial charge on any atom is -0.492 e. The standard InChI is InChI=1S/C17H25NO3/c1-12-6-5-7-13(10-18-14-8-9-14)15(12)21-11-17(2,3)16(19)20-4/h5-7,14,18H,8-11H2,1-4H3. The number of ether oxygens (including phenoxy) is 2. The van der Waals surface area contributed by atoms with Crippen molar-refractivity contribution in [1.29, 1.82) is 0 Å². The summed E-state index contributed by atoms with van der Waals surface area (Å²) in [5.41, 5.74) is 1.58. The number of aryl methyl sites for hydroxylation is 1. The lowest BCUT2D eigenvalue weighted by atomic mass is 9.95. The van der Waals surface area contributed by atoms with E-state index in [0.717, 1.165) is 23.4 Å². The molecule has 21 heavy (non-hydrogen) atoms. The van der Waals surface area contributed by atoms with E-state index < -0.39 is 5.41 Å². The highest BCUT2D eigenvalue weighted by Crippen LogP contribution is 2.28. The van der Waals surface area contributed by atoms with Gasteiger partial charge in [0.2, 0.25) is 0 Å². The van der Waals surface area contributed by atoms with Crippen LogP contribution < -0.4 is 10.1 Å². The Morgan fingerprint density at radius 1 is 1.38 bits per heavy atom. The van der Waals surface area contributed by atoms with Gasteiger partial charge in [0, 0.05) is 18.2 Å². The van der Waals surface area contributed by atoms with Gasteiger partial charge >= 0.3 is 5.97 Å². The van der Waals surface area contributed by atoms with Crippen LogP contribution in [-0.4, -0.2) is 25.7 Å². The molecule has 0 aliphatic heterocycles. The smallest absolute Gasteiger partial charge is 0.314 e. The molecule has 2 rings (SSSR count). The third-order valence-corrected chi connectivity index (χ3v) is 3.77. The van der Waals surface area contributed by atoms with Crippen molar-refractivity contribution in [2.24, 2.45) is 5.41 Å². The average Bonchev–Trinajstić information content (AvgIpc) is 3.27. The molecule has 0 aromatic heterocycles. The molecule has 1 aromatic rings. The number of methoxy groups -OCH3 is 1. The molecular weight excluding hydrogens is 266 g/mol. The lowest BCUT2D eigenvalue weighted by Gasteiger charge is -2.23. The fraction of sp³-hybridized carbons (Fsp3) is 0.588. The van der Waals surface area contributed by atoms with Crippen molar-refractivity contribution in [1.82, 2.24) is 5.32 Å². The average molecular weight is 291 g/mol. The minimum absolute atomic E-state index is 0.256. The third kappa shape index (κ3) is 4.21. The van der Waals surface area contributed by atoms with Crippen LogP contribution in [0.25, 0.3) is 0 Å². The molecular formula is C17H25NO3. The second kappa shape index (κ2) is 6.48. The number of para-hydroxylation sites is 1. The summed E-state index contributed by atoms with van der Waals surface area (Å²) in [6, 6.07) is 6.80. The molecule has 4 heteroatoms. The molecule has 0 spiro atoms. The zero-order valence-corrected chi connectivity index (χ0v) is 13.4. The maximum absolute atomic E-state index is 11.7. The zero-order valence-electron chi connectivity index (χ0n) is 13.4. The fourth-order valence-corrected chi connectivity index (χ4v) is 2.19.